The number of hydrogen-bond donors (Lipinski definition) is 2. The first kappa shape index (κ1) is 18.2. The molecule has 0 bridgehead atoms. The number of H-pyrrole nitrogens is 1. The topological polar surface area (TPSA) is 57.8 Å². The van der Waals surface area contributed by atoms with Crippen LogP contribution in [-0.4, -0.2) is 14.3 Å². The van der Waals surface area contributed by atoms with E-state index < -0.39 is 0 Å². The molecule has 8 heteroatoms. The summed E-state index contributed by atoms with van der Waals surface area (Å²) in [6.07, 6.45) is 0. The van der Waals surface area contributed by atoms with Crippen LogP contribution >= 0.6 is 47.2 Å². The quantitative estimate of drug-likeness (QED) is 0.619. The normalized spacial score (nSPS) is 10.8. The van der Waals surface area contributed by atoms with Gasteiger partial charge in [-0.1, -0.05) is 65.4 Å². The minimum atomic E-state index is -0.145. The van der Waals surface area contributed by atoms with Gasteiger partial charge in [-0.25, -0.2) is 4.98 Å². The van der Waals surface area contributed by atoms with Crippen molar-refractivity contribution in [2.75, 3.05) is 0 Å². The standard InChI is InChI=1S/C17H13Cl2N3OS2/c18-11-6-5-10(13(19)7-11)8-20-17(24)25-9-15-21-14-4-2-1-3-12(14)16(23)22-15/h1-7H,8-9H2,(H,20,24)(H,21,22,23). The van der Waals surface area contributed by atoms with E-state index in [1.807, 2.05) is 24.3 Å². The number of rotatable bonds is 4. The minimum Gasteiger partial charge on any atom is -0.367 e. The van der Waals surface area contributed by atoms with Crippen molar-refractivity contribution in [2.24, 2.45) is 0 Å². The largest absolute Gasteiger partial charge is 0.367 e. The highest BCUT2D eigenvalue weighted by atomic mass is 35.5. The zero-order valence-corrected chi connectivity index (χ0v) is 16.0. The van der Waals surface area contributed by atoms with E-state index in [0.717, 1.165) is 5.56 Å². The van der Waals surface area contributed by atoms with E-state index in [2.05, 4.69) is 15.3 Å². The smallest absolute Gasteiger partial charge is 0.258 e. The highest BCUT2D eigenvalue weighted by Crippen LogP contribution is 2.21. The Morgan fingerprint density at radius 3 is 2.84 bits per heavy atom. The Hall–Kier alpha value is -1.60. The highest BCUT2D eigenvalue weighted by Gasteiger charge is 2.06. The summed E-state index contributed by atoms with van der Waals surface area (Å²) >= 11 is 18.7. The van der Waals surface area contributed by atoms with Crippen LogP contribution in [0.25, 0.3) is 10.9 Å². The molecule has 2 N–H and O–H groups in total. The van der Waals surface area contributed by atoms with Crippen molar-refractivity contribution in [2.45, 2.75) is 12.3 Å². The SMILES string of the molecule is O=c1[nH]c(CSC(=S)NCc2ccc(Cl)cc2Cl)nc2ccccc12. The molecule has 0 aliphatic carbocycles. The molecule has 0 unspecified atom stereocenters. The lowest BCUT2D eigenvalue weighted by Gasteiger charge is -2.09. The fraction of sp³-hybridized carbons (Fsp3) is 0.118. The molecule has 25 heavy (non-hydrogen) atoms. The van der Waals surface area contributed by atoms with Crippen LogP contribution in [0.1, 0.15) is 11.4 Å². The fourth-order valence-electron chi connectivity index (χ4n) is 2.22. The minimum absolute atomic E-state index is 0.145. The molecular weight excluding hydrogens is 397 g/mol. The number of nitrogens with one attached hydrogen (secondary N) is 2. The van der Waals surface area contributed by atoms with Gasteiger partial charge in [0.2, 0.25) is 0 Å². The monoisotopic (exact) mass is 409 g/mol. The zero-order chi connectivity index (χ0) is 17.8. The van der Waals surface area contributed by atoms with Gasteiger partial charge >= 0.3 is 0 Å². The summed E-state index contributed by atoms with van der Waals surface area (Å²) in [4.78, 5) is 19.3. The number of aromatic nitrogens is 2. The van der Waals surface area contributed by atoms with Crippen molar-refractivity contribution in [1.82, 2.24) is 15.3 Å². The van der Waals surface area contributed by atoms with Gasteiger partial charge in [-0.05, 0) is 29.8 Å². The molecule has 2 aromatic carbocycles. The Labute approximate surface area is 164 Å². The Kier molecular flexibility index (Phi) is 5.96. The maximum atomic E-state index is 12.0. The van der Waals surface area contributed by atoms with Crippen molar-refractivity contribution < 1.29 is 0 Å². The van der Waals surface area contributed by atoms with E-state index in [1.54, 1.807) is 18.2 Å². The molecule has 0 saturated heterocycles. The fourth-order valence-corrected chi connectivity index (χ4v) is 3.52. The van der Waals surface area contributed by atoms with Crippen molar-refractivity contribution in [1.29, 1.82) is 0 Å². The van der Waals surface area contributed by atoms with E-state index in [0.29, 0.717) is 43.4 Å². The molecule has 4 nitrogen and oxygen atoms in total. The number of hydrogen-bond acceptors (Lipinski definition) is 4. The Morgan fingerprint density at radius 2 is 2.04 bits per heavy atom. The molecule has 0 amide bonds. The second kappa shape index (κ2) is 8.19. The molecule has 0 aliphatic rings. The summed E-state index contributed by atoms with van der Waals surface area (Å²) in [7, 11) is 0. The van der Waals surface area contributed by atoms with Gasteiger partial charge in [0.25, 0.3) is 5.56 Å². The van der Waals surface area contributed by atoms with Crippen LogP contribution in [0.2, 0.25) is 10.0 Å². The van der Waals surface area contributed by atoms with Crippen LogP contribution in [0.5, 0.6) is 0 Å². The van der Waals surface area contributed by atoms with Crippen LogP contribution < -0.4 is 10.9 Å². The summed E-state index contributed by atoms with van der Waals surface area (Å²) in [5.41, 5.74) is 1.44. The predicted molar refractivity (Wildman–Crippen MR) is 110 cm³/mol. The van der Waals surface area contributed by atoms with Gasteiger partial charge in [0.05, 0.1) is 16.7 Å². The van der Waals surface area contributed by atoms with Gasteiger partial charge in [0.15, 0.2) is 0 Å². The second-order valence-corrected chi connectivity index (χ2v) is 7.69. The van der Waals surface area contributed by atoms with E-state index in [-0.39, 0.29) is 5.56 Å². The molecule has 3 aromatic rings. The molecule has 0 atom stereocenters. The van der Waals surface area contributed by atoms with Gasteiger partial charge in [0, 0.05) is 16.6 Å². The number of thioether (sulfide) groups is 1. The van der Waals surface area contributed by atoms with Crippen LogP contribution in [0, 0.1) is 0 Å². The number of thiocarbonyl (C=S) groups is 1. The molecule has 0 fully saturated rings. The lowest BCUT2D eigenvalue weighted by molar-refractivity contribution is 0.939. The third-order valence-corrected chi connectivity index (χ3v) is 5.35. The van der Waals surface area contributed by atoms with E-state index in [9.17, 15) is 4.79 Å². The molecule has 3 rings (SSSR count). The van der Waals surface area contributed by atoms with Gasteiger partial charge in [-0.15, -0.1) is 0 Å². The maximum absolute atomic E-state index is 12.0. The van der Waals surface area contributed by atoms with Gasteiger partial charge in [-0.3, -0.25) is 4.79 Å². The number of nitrogens with zero attached hydrogens (tertiary/aromatic N) is 1. The van der Waals surface area contributed by atoms with E-state index in [1.165, 1.54) is 11.8 Å². The molecule has 1 aromatic heterocycles. The van der Waals surface area contributed by atoms with Crippen molar-refractivity contribution in [3.63, 3.8) is 0 Å². The summed E-state index contributed by atoms with van der Waals surface area (Å²) in [6, 6.07) is 12.6. The lowest BCUT2D eigenvalue weighted by atomic mass is 10.2. The van der Waals surface area contributed by atoms with Crippen molar-refractivity contribution >= 4 is 62.4 Å². The molecule has 0 spiro atoms. The molecule has 0 radical (unpaired) electrons. The third-order valence-electron chi connectivity index (χ3n) is 3.44. The van der Waals surface area contributed by atoms with Crippen molar-refractivity contribution in [3.8, 4) is 0 Å². The van der Waals surface area contributed by atoms with Crippen LogP contribution in [0.15, 0.2) is 47.3 Å². The highest BCUT2D eigenvalue weighted by molar-refractivity contribution is 8.22. The summed E-state index contributed by atoms with van der Waals surface area (Å²) in [5.74, 6) is 1.06. The van der Waals surface area contributed by atoms with Gasteiger partial charge < -0.3 is 10.3 Å². The molecule has 0 saturated carbocycles. The number of fused-ring (bicyclic) bond motifs is 1. The maximum Gasteiger partial charge on any atom is 0.258 e. The average molecular weight is 410 g/mol. The Bertz CT molecular complexity index is 991. The van der Waals surface area contributed by atoms with Crippen LogP contribution in [-0.2, 0) is 12.3 Å². The number of aromatic amines is 1. The van der Waals surface area contributed by atoms with Crippen LogP contribution in [0.4, 0.5) is 0 Å². The van der Waals surface area contributed by atoms with Gasteiger partial charge in [0.1, 0.15) is 10.1 Å². The predicted octanol–water partition coefficient (Wildman–Crippen LogP) is 4.54. The Morgan fingerprint density at radius 1 is 1.24 bits per heavy atom. The first-order valence-corrected chi connectivity index (χ1v) is 9.50. The van der Waals surface area contributed by atoms with E-state index in [4.69, 9.17) is 35.4 Å². The Balaban J connectivity index is 1.60. The first-order valence-electron chi connectivity index (χ1n) is 7.35. The summed E-state index contributed by atoms with van der Waals surface area (Å²) in [5, 5.41) is 4.89. The van der Waals surface area contributed by atoms with E-state index >= 15 is 0 Å². The molecule has 0 aliphatic heterocycles. The molecule has 1 heterocycles. The first-order chi connectivity index (χ1) is 12.0. The number of benzene rings is 2. The van der Waals surface area contributed by atoms with Crippen molar-refractivity contribution in [3.05, 3.63) is 74.3 Å². The molecule has 128 valence electrons. The van der Waals surface area contributed by atoms with Crippen LogP contribution in [0.3, 0.4) is 0 Å². The zero-order valence-electron chi connectivity index (χ0n) is 12.9. The summed E-state index contributed by atoms with van der Waals surface area (Å²) in [6.45, 7) is 0.503. The molecular formula is C17H13Cl2N3OS2. The van der Waals surface area contributed by atoms with Gasteiger partial charge in [-0.2, -0.15) is 0 Å². The number of halogens is 2. The average Bonchev–Trinajstić information content (AvgIpc) is 2.59. The second-order valence-electron chi connectivity index (χ2n) is 5.20. The third kappa shape index (κ3) is 4.73. The lowest BCUT2D eigenvalue weighted by Crippen LogP contribution is -2.19. The summed E-state index contributed by atoms with van der Waals surface area (Å²) < 4.78 is 0.599. The number of para-hydroxylation sites is 1.